The van der Waals surface area contributed by atoms with Crippen molar-refractivity contribution in [3.05, 3.63) is 40.7 Å². The Balaban J connectivity index is 1.80. The van der Waals surface area contributed by atoms with Crippen LogP contribution in [0.25, 0.3) is 11.3 Å². The van der Waals surface area contributed by atoms with Gasteiger partial charge in [-0.15, -0.1) is 11.3 Å². The lowest BCUT2D eigenvalue weighted by atomic mass is 10.2. The zero-order valence-electron chi connectivity index (χ0n) is 10.5. The second-order valence-electron chi connectivity index (χ2n) is 4.17. The van der Waals surface area contributed by atoms with Gasteiger partial charge in [0.2, 0.25) is 0 Å². The second-order valence-corrected chi connectivity index (χ2v) is 5.11. The van der Waals surface area contributed by atoms with E-state index in [0.29, 0.717) is 19.5 Å². The van der Waals surface area contributed by atoms with Gasteiger partial charge in [-0.1, -0.05) is 30.3 Å². The van der Waals surface area contributed by atoms with E-state index >= 15 is 0 Å². The van der Waals surface area contributed by atoms with E-state index in [1.165, 1.54) is 0 Å². The third kappa shape index (κ3) is 4.46. The number of benzene rings is 1. The van der Waals surface area contributed by atoms with Crippen LogP contribution < -0.4 is 5.32 Å². The summed E-state index contributed by atoms with van der Waals surface area (Å²) in [5, 5.41) is 14.8. The number of hydrogen-bond donors (Lipinski definition) is 2. The SMILES string of the molecule is O=C(O)CCCNCc1nc(-c2ccccc2)cs1. The van der Waals surface area contributed by atoms with Crippen molar-refractivity contribution in [2.24, 2.45) is 0 Å². The van der Waals surface area contributed by atoms with E-state index in [0.717, 1.165) is 16.3 Å². The van der Waals surface area contributed by atoms with Crippen LogP contribution in [0.4, 0.5) is 0 Å². The van der Waals surface area contributed by atoms with Crippen molar-refractivity contribution >= 4 is 17.3 Å². The van der Waals surface area contributed by atoms with E-state index in [1.54, 1.807) is 11.3 Å². The summed E-state index contributed by atoms with van der Waals surface area (Å²) in [6.07, 6.45) is 0.854. The van der Waals surface area contributed by atoms with Crippen LogP contribution in [0.2, 0.25) is 0 Å². The summed E-state index contributed by atoms with van der Waals surface area (Å²) in [4.78, 5) is 14.9. The zero-order valence-corrected chi connectivity index (χ0v) is 11.3. The van der Waals surface area contributed by atoms with Crippen molar-refractivity contribution in [3.63, 3.8) is 0 Å². The van der Waals surface area contributed by atoms with Crippen LogP contribution in [-0.2, 0) is 11.3 Å². The molecule has 2 rings (SSSR count). The van der Waals surface area contributed by atoms with Gasteiger partial charge in [0.05, 0.1) is 5.69 Å². The second kappa shape index (κ2) is 7.01. The van der Waals surface area contributed by atoms with Gasteiger partial charge in [-0.05, 0) is 13.0 Å². The smallest absolute Gasteiger partial charge is 0.303 e. The Labute approximate surface area is 116 Å². The third-order valence-corrected chi connectivity index (χ3v) is 3.49. The van der Waals surface area contributed by atoms with Crippen LogP contribution in [0.5, 0.6) is 0 Å². The van der Waals surface area contributed by atoms with Gasteiger partial charge in [-0.3, -0.25) is 4.79 Å². The maximum Gasteiger partial charge on any atom is 0.303 e. The Hall–Kier alpha value is -1.72. The number of carboxylic acid groups (broad SMARTS) is 1. The molecule has 0 fully saturated rings. The van der Waals surface area contributed by atoms with E-state index in [4.69, 9.17) is 5.11 Å². The number of thiazole rings is 1. The molecule has 0 spiro atoms. The quantitative estimate of drug-likeness (QED) is 0.763. The molecule has 1 aromatic carbocycles. The van der Waals surface area contributed by atoms with Gasteiger partial charge >= 0.3 is 5.97 Å². The van der Waals surface area contributed by atoms with E-state index in [-0.39, 0.29) is 6.42 Å². The predicted molar refractivity (Wildman–Crippen MR) is 76.1 cm³/mol. The molecule has 1 heterocycles. The molecule has 0 aliphatic heterocycles. The molecule has 0 aliphatic rings. The van der Waals surface area contributed by atoms with Crippen LogP contribution >= 0.6 is 11.3 Å². The molecule has 0 radical (unpaired) electrons. The van der Waals surface area contributed by atoms with Gasteiger partial charge in [0, 0.05) is 23.9 Å². The van der Waals surface area contributed by atoms with Crippen LogP contribution in [0.15, 0.2) is 35.7 Å². The number of aromatic nitrogens is 1. The molecule has 2 aromatic rings. The monoisotopic (exact) mass is 276 g/mol. The van der Waals surface area contributed by atoms with Gasteiger partial charge in [0.15, 0.2) is 0 Å². The number of aliphatic carboxylic acids is 1. The van der Waals surface area contributed by atoms with Gasteiger partial charge in [-0.2, -0.15) is 0 Å². The molecule has 19 heavy (non-hydrogen) atoms. The van der Waals surface area contributed by atoms with Crippen LogP contribution in [0, 0.1) is 0 Å². The van der Waals surface area contributed by atoms with E-state index in [1.807, 2.05) is 35.7 Å². The Bertz CT molecular complexity index is 525. The number of hydrogen-bond acceptors (Lipinski definition) is 4. The summed E-state index contributed by atoms with van der Waals surface area (Å²) in [5.41, 5.74) is 2.11. The minimum Gasteiger partial charge on any atom is -0.481 e. The topological polar surface area (TPSA) is 62.2 Å². The van der Waals surface area contributed by atoms with Crippen molar-refractivity contribution in [3.8, 4) is 11.3 Å². The zero-order chi connectivity index (χ0) is 13.5. The lowest BCUT2D eigenvalue weighted by Crippen LogP contribution is -2.15. The summed E-state index contributed by atoms with van der Waals surface area (Å²) >= 11 is 1.62. The van der Waals surface area contributed by atoms with E-state index in [9.17, 15) is 4.79 Å². The van der Waals surface area contributed by atoms with Crippen LogP contribution in [-0.4, -0.2) is 22.6 Å². The molecule has 0 atom stereocenters. The highest BCUT2D eigenvalue weighted by atomic mass is 32.1. The lowest BCUT2D eigenvalue weighted by molar-refractivity contribution is -0.137. The fourth-order valence-corrected chi connectivity index (χ4v) is 2.47. The Morgan fingerprint density at radius 1 is 1.32 bits per heavy atom. The summed E-state index contributed by atoms with van der Waals surface area (Å²) in [7, 11) is 0. The minimum atomic E-state index is -0.748. The van der Waals surface area contributed by atoms with Gasteiger partial charge < -0.3 is 10.4 Å². The first-order valence-corrected chi connectivity index (χ1v) is 7.06. The molecule has 0 aliphatic carbocycles. The molecule has 5 heteroatoms. The van der Waals surface area contributed by atoms with Crippen molar-refractivity contribution in [1.29, 1.82) is 0 Å². The molecular weight excluding hydrogens is 260 g/mol. The molecule has 0 saturated carbocycles. The number of carbonyl (C=O) groups is 1. The number of nitrogens with one attached hydrogen (secondary N) is 1. The Kier molecular flexibility index (Phi) is 5.06. The highest BCUT2D eigenvalue weighted by Crippen LogP contribution is 2.21. The number of carboxylic acids is 1. The Morgan fingerprint density at radius 3 is 2.84 bits per heavy atom. The standard InChI is InChI=1S/C14H16N2O2S/c17-14(18)7-4-8-15-9-13-16-12(10-19-13)11-5-2-1-3-6-11/h1-3,5-6,10,15H,4,7-9H2,(H,17,18). The number of nitrogens with zero attached hydrogens (tertiary/aromatic N) is 1. The third-order valence-electron chi connectivity index (χ3n) is 2.64. The van der Waals surface area contributed by atoms with Crippen molar-refractivity contribution in [1.82, 2.24) is 10.3 Å². The predicted octanol–water partition coefficient (Wildman–Crippen LogP) is 2.76. The summed E-state index contributed by atoms with van der Waals surface area (Å²) in [6.45, 7) is 1.39. The van der Waals surface area contributed by atoms with Gasteiger partial charge in [0.25, 0.3) is 0 Å². The molecule has 100 valence electrons. The lowest BCUT2D eigenvalue weighted by Gasteiger charge is -2.00. The van der Waals surface area contributed by atoms with E-state index < -0.39 is 5.97 Å². The van der Waals surface area contributed by atoms with Crippen LogP contribution in [0.1, 0.15) is 17.8 Å². The number of rotatable bonds is 7. The van der Waals surface area contributed by atoms with Crippen LogP contribution in [0.3, 0.4) is 0 Å². The first-order valence-electron chi connectivity index (χ1n) is 6.18. The minimum absolute atomic E-state index is 0.208. The highest BCUT2D eigenvalue weighted by Gasteiger charge is 2.03. The first-order chi connectivity index (χ1) is 9.25. The van der Waals surface area contributed by atoms with E-state index in [2.05, 4.69) is 10.3 Å². The Morgan fingerprint density at radius 2 is 2.11 bits per heavy atom. The fourth-order valence-electron chi connectivity index (χ4n) is 1.69. The highest BCUT2D eigenvalue weighted by molar-refractivity contribution is 7.09. The van der Waals surface area contributed by atoms with Crippen molar-refractivity contribution < 1.29 is 9.90 Å². The average Bonchev–Trinajstić information content (AvgIpc) is 2.88. The fraction of sp³-hybridized carbons (Fsp3) is 0.286. The maximum absolute atomic E-state index is 10.4. The molecule has 0 amide bonds. The molecule has 0 unspecified atom stereocenters. The first kappa shape index (κ1) is 13.7. The normalized spacial score (nSPS) is 10.5. The van der Waals surface area contributed by atoms with Crippen molar-refractivity contribution in [2.75, 3.05) is 6.54 Å². The molecular formula is C14H16N2O2S. The van der Waals surface area contributed by atoms with Gasteiger partial charge in [0.1, 0.15) is 5.01 Å². The molecule has 2 N–H and O–H groups in total. The largest absolute Gasteiger partial charge is 0.481 e. The maximum atomic E-state index is 10.4. The summed E-state index contributed by atoms with van der Waals surface area (Å²) in [6, 6.07) is 10.1. The molecule has 1 aromatic heterocycles. The van der Waals surface area contributed by atoms with Crippen molar-refractivity contribution in [2.45, 2.75) is 19.4 Å². The molecule has 4 nitrogen and oxygen atoms in total. The summed E-state index contributed by atoms with van der Waals surface area (Å²) in [5.74, 6) is -0.748. The molecule has 0 bridgehead atoms. The molecule has 0 saturated heterocycles. The average molecular weight is 276 g/mol. The van der Waals surface area contributed by atoms with Gasteiger partial charge in [-0.25, -0.2) is 4.98 Å². The summed E-state index contributed by atoms with van der Waals surface area (Å²) < 4.78 is 0.